The van der Waals surface area contributed by atoms with Crippen LogP contribution in [0.1, 0.15) is 38.2 Å². The van der Waals surface area contributed by atoms with Gasteiger partial charge in [-0.3, -0.25) is 14.4 Å². The van der Waals surface area contributed by atoms with Crippen molar-refractivity contribution in [2.45, 2.75) is 38.8 Å². The van der Waals surface area contributed by atoms with E-state index in [1.54, 1.807) is 54.7 Å². The molecule has 6 rings (SSSR count). The number of H-pyrrole nitrogens is 1. The second-order valence-corrected chi connectivity index (χ2v) is 15.2. The van der Waals surface area contributed by atoms with Gasteiger partial charge >= 0.3 is 0 Å². The van der Waals surface area contributed by atoms with Gasteiger partial charge in [-0.15, -0.1) is 0 Å². The molecule has 276 valence electrons. The number of nitrogens with two attached hydrogens (primary N) is 1. The number of likely N-dealkylation sites (N-methyl/N-ethyl adjacent to an activating group) is 1. The van der Waals surface area contributed by atoms with Crippen LogP contribution in [0.5, 0.6) is 0 Å². The number of hydrogen-bond acceptors (Lipinski definition) is 7. The summed E-state index contributed by atoms with van der Waals surface area (Å²) in [5, 5.41) is 4.51. The smallest absolute Gasteiger partial charge is 0.259 e. The number of benzene rings is 4. The number of amides is 3. The van der Waals surface area contributed by atoms with E-state index in [9.17, 15) is 18.0 Å². The molecule has 0 fully saturated rings. The Morgan fingerprint density at radius 1 is 0.870 bits per heavy atom. The van der Waals surface area contributed by atoms with Crippen LogP contribution in [0.25, 0.3) is 28.3 Å². The minimum atomic E-state index is -4.57. The number of para-hydroxylation sites is 1. The average molecular weight is 744 g/mol. The number of aryl methyl sites for hydroxylation is 2. The second-order valence-electron chi connectivity index (χ2n) is 13.3. The zero-order chi connectivity index (χ0) is 38.4. The molecule has 0 aliphatic carbocycles. The van der Waals surface area contributed by atoms with Crippen LogP contribution in [-0.4, -0.2) is 70.4 Å². The van der Waals surface area contributed by atoms with Crippen molar-refractivity contribution in [2.24, 2.45) is 5.73 Å². The summed E-state index contributed by atoms with van der Waals surface area (Å²) in [6, 6.07) is 27.7. The maximum Gasteiger partial charge on any atom is 0.259 e. The zero-order valence-electron chi connectivity index (χ0n) is 30.2. The first-order chi connectivity index (χ1) is 25.9. The van der Waals surface area contributed by atoms with Gasteiger partial charge in [-0.05, 0) is 48.7 Å². The quantitative estimate of drug-likeness (QED) is 0.137. The van der Waals surface area contributed by atoms with Crippen LogP contribution >= 0.6 is 0 Å². The van der Waals surface area contributed by atoms with Crippen LogP contribution in [0, 0.1) is 13.8 Å². The van der Waals surface area contributed by atoms with Gasteiger partial charge < -0.3 is 20.1 Å². The van der Waals surface area contributed by atoms with Crippen molar-refractivity contribution in [2.75, 3.05) is 12.8 Å². The molecule has 4 aromatic carbocycles. The predicted octanol–water partition coefficient (Wildman–Crippen LogP) is 6.09. The first-order valence-electron chi connectivity index (χ1n) is 17.4. The van der Waals surface area contributed by atoms with Crippen LogP contribution in [0.4, 0.5) is 0 Å². The molecule has 0 aliphatic rings. The Hall–Kier alpha value is -6.27. The number of rotatable bonds is 14. The Morgan fingerprint density at radius 3 is 2.22 bits per heavy atom. The molecule has 6 aromatic rings. The van der Waals surface area contributed by atoms with Gasteiger partial charge in [0.15, 0.2) is 5.76 Å². The molecule has 11 nitrogen and oxygen atoms in total. The van der Waals surface area contributed by atoms with Gasteiger partial charge in [0, 0.05) is 54.2 Å². The lowest BCUT2D eigenvalue weighted by Gasteiger charge is -2.35. The van der Waals surface area contributed by atoms with Crippen LogP contribution in [0.3, 0.4) is 0 Å². The van der Waals surface area contributed by atoms with Gasteiger partial charge in [0.05, 0.1) is 11.9 Å². The first-order valence-corrected chi connectivity index (χ1v) is 19.0. The molecule has 3 N–H and O–H groups in total. The lowest BCUT2D eigenvalue weighted by atomic mass is 9.99. The number of nitrogens with one attached hydrogen (secondary N) is 1. The molecule has 0 unspecified atom stereocenters. The zero-order valence-corrected chi connectivity index (χ0v) is 31.0. The van der Waals surface area contributed by atoms with Gasteiger partial charge in [-0.1, -0.05) is 107 Å². The van der Waals surface area contributed by atoms with Crippen molar-refractivity contribution < 1.29 is 27.3 Å². The molecule has 0 saturated heterocycles. The van der Waals surface area contributed by atoms with E-state index >= 15 is 4.79 Å². The van der Waals surface area contributed by atoms with Gasteiger partial charge in [0.25, 0.3) is 11.8 Å². The number of aromatic nitrogens is 2. The summed E-state index contributed by atoms with van der Waals surface area (Å²) < 4.78 is 34.9. The lowest BCUT2D eigenvalue weighted by molar-refractivity contribution is -0.137. The molecule has 0 spiro atoms. The highest BCUT2D eigenvalue weighted by atomic mass is 32.2. The Bertz CT molecular complexity index is 2380. The number of fused-ring (bicyclic) bond motifs is 1. The number of hydrogen-bond donors (Lipinski definition) is 2. The number of carbonyl (C=O) groups excluding carboxylic acids is 3. The number of aromatic amines is 1. The number of sulfonamides is 1. The standard InChI is InChI=1S/C42H41N5O6S/c1-28-22-29(2)24-33(23-28)41(49)46(3)38(25-31-15-17-32(18-16-31)39-19-20-45-53-39)42(50)47(54(51,52)21-9-12-30-10-5-4-6-11-30)37(40(43)48)26-34-27-44-36-14-8-7-13-35(34)36/h4-20,22-24,27,37-38,44H,21,25-26H2,1-3H3,(H2,43,48)/t37-,38-/m0/s1. The summed E-state index contributed by atoms with van der Waals surface area (Å²) in [7, 11) is -3.11. The fourth-order valence-electron chi connectivity index (χ4n) is 6.62. The minimum absolute atomic E-state index is 0.0764. The van der Waals surface area contributed by atoms with Crippen molar-refractivity contribution in [3.8, 4) is 11.3 Å². The molecule has 2 aromatic heterocycles. The molecule has 54 heavy (non-hydrogen) atoms. The first kappa shape index (κ1) is 37.5. The lowest BCUT2D eigenvalue weighted by Crippen LogP contribution is -2.59. The molecular formula is C42H41N5O6S. The normalized spacial score (nSPS) is 12.8. The maximum absolute atomic E-state index is 15.1. The highest BCUT2D eigenvalue weighted by molar-refractivity contribution is 7.89. The van der Waals surface area contributed by atoms with Crippen molar-refractivity contribution >= 4 is 44.7 Å². The van der Waals surface area contributed by atoms with Crippen LogP contribution in [0.15, 0.2) is 126 Å². The highest BCUT2D eigenvalue weighted by Gasteiger charge is 2.43. The minimum Gasteiger partial charge on any atom is -0.368 e. The molecule has 0 aliphatic heterocycles. The van der Waals surface area contributed by atoms with E-state index in [0.717, 1.165) is 33.2 Å². The summed E-state index contributed by atoms with van der Waals surface area (Å²) in [5.74, 6) is -2.54. The summed E-state index contributed by atoms with van der Waals surface area (Å²) in [6.45, 7) is 3.73. The molecule has 3 amide bonds. The summed E-state index contributed by atoms with van der Waals surface area (Å²) in [4.78, 5) is 47.1. The van der Waals surface area contributed by atoms with Crippen molar-refractivity contribution in [1.29, 1.82) is 0 Å². The van der Waals surface area contributed by atoms with E-state index in [1.165, 1.54) is 24.2 Å². The highest BCUT2D eigenvalue weighted by Crippen LogP contribution is 2.26. The van der Waals surface area contributed by atoms with E-state index in [-0.39, 0.29) is 12.8 Å². The summed E-state index contributed by atoms with van der Waals surface area (Å²) in [6.07, 6.45) is 5.99. The third-order valence-corrected chi connectivity index (χ3v) is 10.9. The fraction of sp³-hybridized carbons (Fsp3) is 0.190. The third kappa shape index (κ3) is 8.50. The van der Waals surface area contributed by atoms with Crippen molar-refractivity contribution in [1.82, 2.24) is 19.3 Å². The molecule has 0 saturated carbocycles. The van der Waals surface area contributed by atoms with Gasteiger partial charge in [0.2, 0.25) is 15.9 Å². The summed E-state index contributed by atoms with van der Waals surface area (Å²) >= 11 is 0. The second kappa shape index (κ2) is 16.2. The molecule has 2 heterocycles. The van der Waals surface area contributed by atoms with Gasteiger partial charge in [-0.25, -0.2) is 12.7 Å². The van der Waals surface area contributed by atoms with Crippen LogP contribution in [0.2, 0.25) is 0 Å². The Labute approximate surface area is 314 Å². The number of carbonyl (C=O) groups is 3. The van der Waals surface area contributed by atoms with E-state index in [2.05, 4.69) is 10.1 Å². The van der Waals surface area contributed by atoms with E-state index in [1.807, 2.05) is 74.5 Å². The predicted molar refractivity (Wildman–Crippen MR) is 209 cm³/mol. The Kier molecular flexibility index (Phi) is 11.2. The van der Waals surface area contributed by atoms with Gasteiger partial charge in [-0.2, -0.15) is 0 Å². The van der Waals surface area contributed by atoms with Crippen molar-refractivity contribution in [3.63, 3.8) is 0 Å². The molecule has 2 atom stereocenters. The Morgan fingerprint density at radius 2 is 1.56 bits per heavy atom. The SMILES string of the molecule is Cc1cc(C)cc(C(=O)N(C)[C@@H](Cc2ccc(-c3ccno3)cc2)C(=O)N([C@@H](Cc2c[nH]c3ccccc23)C(N)=O)S(=O)(=O)CC=Cc2ccccc2)c1. The number of nitrogens with zero attached hydrogens (tertiary/aromatic N) is 3. The summed E-state index contributed by atoms with van der Waals surface area (Å²) in [5.41, 5.74) is 11.5. The average Bonchev–Trinajstić information content (AvgIpc) is 3.84. The van der Waals surface area contributed by atoms with E-state index < -0.39 is 45.6 Å². The molecule has 0 bridgehead atoms. The third-order valence-electron chi connectivity index (χ3n) is 9.28. The maximum atomic E-state index is 15.1. The van der Waals surface area contributed by atoms with Crippen molar-refractivity contribution in [3.05, 3.63) is 155 Å². The van der Waals surface area contributed by atoms with Gasteiger partial charge in [0.1, 0.15) is 12.1 Å². The van der Waals surface area contributed by atoms with Crippen LogP contribution in [-0.2, 0) is 32.5 Å². The number of primary amides is 1. The largest absolute Gasteiger partial charge is 0.368 e. The molecular weight excluding hydrogens is 703 g/mol. The van der Waals surface area contributed by atoms with Crippen LogP contribution < -0.4 is 5.73 Å². The van der Waals surface area contributed by atoms with E-state index in [0.29, 0.717) is 26.8 Å². The Balaban J connectivity index is 1.44. The topological polar surface area (TPSA) is 160 Å². The molecule has 12 heteroatoms. The molecule has 0 radical (unpaired) electrons. The monoisotopic (exact) mass is 743 g/mol. The van der Waals surface area contributed by atoms with E-state index in [4.69, 9.17) is 10.3 Å². The fourth-order valence-corrected chi connectivity index (χ4v) is 8.08.